The van der Waals surface area contributed by atoms with Crippen molar-refractivity contribution in [1.29, 1.82) is 0 Å². The molecule has 1 atom stereocenters. The predicted molar refractivity (Wildman–Crippen MR) is 118 cm³/mol. The summed E-state index contributed by atoms with van der Waals surface area (Å²) in [5.41, 5.74) is 4.76. The van der Waals surface area contributed by atoms with Gasteiger partial charge in [-0.3, -0.25) is 9.69 Å². The molecule has 0 spiro atoms. The van der Waals surface area contributed by atoms with E-state index < -0.39 is 6.17 Å². The van der Waals surface area contributed by atoms with Gasteiger partial charge < -0.3 is 10.1 Å². The Labute approximate surface area is 176 Å². The fourth-order valence-corrected chi connectivity index (χ4v) is 3.85. The van der Waals surface area contributed by atoms with E-state index in [1.165, 1.54) is 7.11 Å². The zero-order valence-corrected chi connectivity index (χ0v) is 17.3. The second-order valence-corrected chi connectivity index (χ2v) is 7.59. The molecular weight excluding hydrogens is 376 g/mol. The number of para-hydroxylation sites is 2. The SMILES string of the molecule is COC(=O)c1ccc(C2Nc3ccccc3C(=O)N2c2ccccc2C(C)C)cc1. The lowest BCUT2D eigenvalue weighted by molar-refractivity contribution is 0.0600. The minimum atomic E-state index is -0.404. The maximum Gasteiger partial charge on any atom is 0.337 e. The van der Waals surface area contributed by atoms with Gasteiger partial charge in [0.15, 0.2) is 0 Å². The number of anilines is 2. The first-order valence-electron chi connectivity index (χ1n) is 9.97. The van der Waals surface area contributed by atoms with Gasteiger partial charge in [-0.1, -0.05) is 56.3 Å². The number of nitrogens with zero attached hydrogens (tertiary/aromatic N) is 1. The molecule has 3 aromatic carbocycles. The zero-order chi connectivity index (χ0) is 21.3. The van der Waals surface area contributed by atoms with Crippen LogP contribution in [-0.4, -0.2) is 19.0 Å². The first-order chi connectivity index (χ1) is 14.5. The summed E-state index contributed by atoms with van der Waals surface area (Å²) < 4.78 is 4.80. The van der Waals surface area contributed by atoms with E-state index in [4.69, 9.17) is 4.74 Å². The summed E-state index contributed by atoms with van der Waals surface area (Å²) in [6, 6.07) is 22.7. The Morgan fingerprint density at radius 1 is 0.967 bits per heavy atom. The average Bonchev–Trinajstić information content (AvgIpc) is 2.78. The van der Waals surface area contributed by atoms with Crippen LogP contribution in [0.4, 0.5) is 11.4 Å². The van der Waals surface area contributed by atoms with E-state index >= 15 is 0 Å². The monoisotopic (exact) mass is 400 g/mol. The molecule has 5 nitrogen and oxygen atoms in total. The van der Waals surface area contributed by atoms with Crippen molar-refractivity contribution >= 4 is 23.3 Å². The van der Waals surface area contributed by atoms with Gasteiger partial charge >= 0.3 is 5.97 Å². The molecule has 152 valence electrons. The number of fused-ring (bicyclic) bond motifs is 1. The molecule has 1 unspecified atom stereocenters. The molecule has 1 amide bonds. The number of amides is 1. The van der Waals surface area contributed by atoms with Crippen molar-refractivity contribution in [2.45, 2.75) is 25.9 Å². The zero-order valence-electron chi connectivity index (χ0n) is 17.3. The first kappa shape index (κ1) is 19.7. The third-order valence-electron chi connectivity index (χ3n) is 5.39. The number of carbonyl (C=O) groups is 2. The maximum absolute atomic E-state index is 13.6. The number of methoxy groups -OCH3 is 1. The van der Waals surface area contributed by atoms with Gasteiger partial charge in [0.1, 0.15) is 6.17 Å². The van der Waals surface area contributed by atoms with Gasteiger partial charge in [0.2, 0.25) is 0 Å². The summed E-state index contributed by atoms with van der Waals surface area (Å²) in [7, 11) is 1.36. The maximum atomic E-state index is 13.6. The molecule has 0 aromatic heterocycles. The first-order valence-corrected chi connectivity index (χ1v) is 9.97. The predicted octanol–water partition coefficient (Wildman–Crippen LogP) is 5.37. The molecule has 0 fully saturated rings. The highest BCUT2D eigenvalue weighted by molar-refractivity contribution is 6.12. The Bertz CT molecular complexity index is 1090. The average molecular weight is 400 g/mol. The second-order valence-electron chi connectivity index (χ2n) is 7.59. The normalized spacial score (nSPS) is 15.5. The second kappa shape index (κ2) is 8.03. The number of benzene rings is 3. The number of carbonyl (C=O) groups excluding carboxylic acids is 2. The van der Waals surface area contributed by atoms with Crippen LogP contribution < -0.4 is 10.2 Å². The van der Waals surface area contributed by atoms with E-state index in [0.717, 1.165) is 22.5 Å². The van der Waals surface area contributed by atoms with Crippen molar-refractivity contribution < 1.29 is 14.3 Å². The highest BCUT2D eigenvalue weighted by atomic mass is 16.5. The topological polar surface area (TPSA) is 58.6 Å². The van der Waals surface area contributed by atoms with Crippen molar-refractivity contribution in [3.05, 3.63) is 95.1 Å². The fraction of sp³-hybridized carbons (Fsp3) is 0.200. The number of hydrogen-bond donors (Lipinski definition) is 1. The Kier molecular flexibility index (Phi) is 5.27. The number of hydrogen-bond acceptors (Lipinski definition) is 4. The van der Waals surface area contributed by atoms with E-state index in [2.05, 4.69) is 25.2 Å². The summed E-state index contributed by atoms with van der Waals surface area (Å²) in [5, 5.41) is 3.51. The largest absolute Gasteiger partial charge is 0.465 e. The minimum absolute atomic E-state index is 0.0560. The van der Waals surface area contributed by atoms with Gasteiger partial charge in [0.25, 0.3) is 5.91 Å². The highest BCUT2D eigenvalue weighted by Crippen LogP contribution is 2.39. The molecule has 0 radical (unpaired) electrons. The Morgan fingerprint density at radius 3 is 2.33 bits per heavy atom. The molecule has 1 aliphatic heterocycles. The number of ether oxygens (including phenoxy) is 1. The van der Waals surface area contributed by atoms with Gasteiger partial charge in [-0.25, -0.2) is 4.79 Å². The van der Waals surface area contributed by atoms with Gasteiger partial charge in [-0.2, -0.15) is 0 Å². The summed E-state index contributed by atoms with van der Waals surface area (Å²) in [4.78, 5) is 27.2. The van der Waals surface area contributed by atoms with Crippen LogP contribution in [-0.2, 0) is 4.74 Å². The van der Waals surface area contributed by atoms with E-state index in [9.17, 15) is 9.59 Å². The molecule has 0 saturated carbocycles. The summed E-state index contributed by atoms with van der Waals surface area (Å²) in [6.07, 6.45) is -0.404. The van der Waals surface area contributed by atoms with Crippen molar-refractivity contribution in [3.63, 3.8) is 0 Å². The minimum Gasteiger partial charge on any atom is -0.465 e. The van der Waals surface area contributed by atoms with Gasteiger partial charge in [-0.15, -0.1) is 0 Å². The van der Waals surface area contributed by atoms with Crippen molar-refractivity contribution in [1.82, 2.24) is 0 Å². The molecule has 3 aromatic rings. The smallest absolute Gasteiger partial charge is 0.337 e. The molecule has 5 heteroatoms. The number of esters is 1. The van der Waals surface area contributed by atoms with Crippen LogP contribution in [0.1, 0.15) is 57.8 Å². The lowest BCUT2D eigenvalue weighted by Gasteiger charge is -2.39. The molecule has 0 saturated heterocycles. The van der Waals surface area contributed by atoms with E-state index in [-0.39, 0.29) is 17.8 Å². The Hall–Kier alpha value is -3.60. The van der Waals surface area contributed by atoms with Crippen molar-refractivity contribution in [2.75, 3.05) is 17.3 Å². The fourth-order valence-electron chi connectivity index (χ4n) is 3.85. The Balaban J connectivity index is 1.85. The summed E-state index contributed by atoms with van der Waals surface area (Å²) >= 11 is 0. The van der Waals surface area contributed by atoms with Crippen LogP contribution in [0.2, 0.25) is 0 Å². The quantitative estimate of drug-likeness (QED) is 0.599. The summed E-state index contributed by atoms with van der Waals surface area (Å²) in [6.45, 7) is 4.24. The number of nitrogens with one attached hydrogen (secondary N) is 1. The van der Waals surface area contributed by atoms with Crippen LogP contribution >= 0.6 is 0 Å². The molecule has 1 aliphatic rings. The van der Waals surface area contributed by atoms with Crippen LogP contribution in [0.15, 0.2) is 72.8 Å². The standard InChI is InChI=1S/C25H24N2O3/c1-16(2)19-8-5-7-11-22(19)27-23(17-12-14-18(15-13-17)25(29)30-3)26-21-10-6-4-9-20(21)24(27)28/h4-16,23,26H,1-3H3. The lowest BCUT2D eigenvalue weighted by atomic mass is 9.96. The van der Waals surface area contributed by atoms with E-state index in [1.54, 1.807) is 12.1 Å². The van der Waals surface area contributed by atoms with Crippen LogP contribution in [0, 0.1) is 0 Å². The van der Waals surface area contributed by atoms with Gasteiger partial charge in [-0.05, 0) is 47.4 Å². The van der Waals surface area contributed by atoms with E-state index in [0.29, 0.717) is 11.1 Å². The number of rotatable bonds is 4. The molecule has 30 heavy (non-hydrogen) atoms. The third-order valence-corrected chi connectivity index (χ3v) is 5.39. The molecule has 1 N–H and O–H groups in total. The van der Waals surface area contributed by atoms with Gasteiger partial charge in [0, 0.05) is 11.4 Å². The lowest BCUT2D eigenvalue weighted by Crippen LogP contribution is -2.43. The van der Waals surface area contributed by atoms with Crippen molar-refractivity contribution in [2.24, 2.45) is 0 Å². The molecule has 0 bridgehead atoms. The van der Waals surface area contributed by atoms with Crippen LogP contribution in [0.25, 0.3) is 0 Å². The van der Waals surface area contributed by atoms with Crippen LogP contribution in [0.3, 0.4) is 0 Å². The van der Waals surface area contributed by atoms with E-state index in [1.807, 2.05) is 59.5 Å². The van der Waals surface area contributed by atoms with Gasteiger partial charge in [0.05, 0.1) is 18.2 Å². The molecule has 0 aliphatic carbocycles. The molecule has 1 heterocycles. The molecular formula is C25H24N2O3. The summed E-state index contributed by atoms with van der Waals surface area (Å²) in [5.74, 6) is -0.186. The molecule has 4 rings (SSSR count). The highest BCUT2D eigenvalue weighted by Gasteiger charge is 2.35. The van der Waals surface area contributed by atoms with Crippen LogP contribution in [0.5, 0.6) is 0 Å². The Morgan fingerprint density at radius 2 is 1.63 bits per heavy atom. The third kappa shape index (κ3) is 3.43. The van der Waals surface area contributed by atoms with Crippen molar-refractivity contribution in [3.8, 4) is 0 Å².